The second kappa shape index (κ2) is 7.54. The molecule has 4 rings (SSSR count). The summed E-state index contributed by atoms with van der Waals surface area (Å²) >= 11 is 0. The van der Waals surface area contributed by atoms with Gasteiger partial charge in [0.15, 0.2) is 22.3 Å². The SMILES string of the molecule is Cn1cnc2c1c(=O)n(CC(=O)OC(=O)Cn1c(=O)c3c(ncn3C)n(C)c1=O)c(=O)n2C. The van der Waals surface area contributed by atoms with Crippen molar-refractivity contribution in [2.45, 2.75) is 13.1 Å². The first-order valence-corrected chi connectivity index (χ1v) is 9.48. The summed E-state index contributed by atoms with van der Waals surface area (Å²) in [5.74, 6) is -2.43. The van der Waals surface area contributed by atoms with Crippen LogP contribution in [0.2, 0.25) is 0 Å². The van der Waals surface area contributed by atoms with Gasteiger partial charge in [-0.2, -0.15) is 0 Å². The third kappa shape index (κ3) is 3.29. The summed E-state index contributed by atoms with van der Waals surface area (Å²) in [5.41, 5.74) is -2.81. The maximum atomic E-state index is 12.7. The molecule has 4 aromatic heterocycles. The number of hydrogen-bond acceptors (Lipinski definition) is 9. The molecule has 0 aliphatic heterocycles. The molecule has 0 atom stereocenters. The monoisotopic (exact) mass is 458 g/mol. The van der Waals surface area contributed by atoms with Crippen LogP contribution < -0.4 is 22.5 Å². The fourth-order valence-electron chi connectivity index (χ4n) is 3.52. The Balaban J connectivity index is 1.61. The minimum atomic E-state index is -1.22. The predicted octanol–water partition coefficient (Wildman–Crippen LogP) is -3.05. The van der Waals surface area contributed by atoms with Crippen molar-refractivity contribution in [3.8, 4) is 0 Å². The van der Waals surface area contributed by atoms with E-state index >= 15 is 0 Å². The Morgan fingerprint density at radius 3 is 1.45 bits per heavy atom. The van der Waals surface area contributed by atoms with Gasteiger partial charge in [-0.3, -0.25) is 18.7 Å². The van der Waals surface area contributed by atoms with E-state index in [9.17, 15) is 28.8 Å². The topological polar surface area (TPSA) is 167 Å². The van der Waals surface area contributed by atoms with Gasteiger partial charge in [0.2, 0.25) is 0 Å². The molecule has 0 N–H and O–H groups in total. The van der Waals surface area contributed by atoms with E-state index in [0.29, 0.717) is 9.13 Å². The summed E-state index contributed by atoms with van der Waals surface area (Å²) in [5, 5.41) is 0. The standard InChI is InChI=1S/C18H18N8O7/c1-21-7-19-13-11(21)15(29)25(17(31)23(13)3)5-9(27)33-10(28)6-26-16(30)12-14(20-8-22(12)2)24(4)18(26)32/h7-8H,5-6H2,1-4H3. The van der Waals surface area contributed by atoms with Crippen molar-refractivity contribution in [3.63, 3.8) is 0 Å². The Kier molecular flexibility index (Phi) is 4.95. The van der Waals surface area contributed by atoms with Crippen LogP contribution in [0.4, 0.5) is 0 Å². The number of carbonyl (C=O) groups excluding carboxylic acids is 2. The van der Waals surface area contributed by atoms with Crippen LogP contribution in [0, 0.1) is 0 Å². The van der Waals surface area contributed by atoms with Crippen LogP contribution in [0.1, 0.15) is 0 Å². The van der Waals surface area contributed by atoms with Crippen molar-refractivity contribution in [1.82, 2.24) is 37.4 Å². The molecule has 4 aromatic rings. The molecule has 0 aliphatic rings. The second-order valence-electron chi connectivity index (χ2n) is 7.37. The van der Waals surface area contributed by atoms with Crippen LogP contribution in [-0.4, -0.2) is 49.3 Å². The normalized spacial score (nSPS) is 11.4. The van der Waals surface area contributed by atoms with Crippen LogP contribution in [0.5, 0.6) is 0 Å². The fourth-order valence-corrected chi connectivity index (χ4v) is 3.52. The summed E-state index contributed by atoms with van der Waals surface area (Å²) in [6, 6.07) is 0. The highest BCUT2D eigenvalue weighted by molar-refractivity contribution is 5.85. The number of esters is 2. The third-order valence-electron chi connectivity index (χ3n) is 5.20. The summed E-state index contributed by atoms with van der Waals surface area (Å²) in [7, 11) is 5.84. The number of ether oxygens (including phenoxy) is 1. The van der Waals surface area contributed by atoms with Gasteiger partial charge in [-0.1, -0.05) is 0 Å². The Bertz CT molecular complexity index is 1580. The lowest BCUT2D eigenvalue weighted by Crippen LogP contribution is -2.43. The Morgan fingerprint density at radius 2 is 1.09 bits per heavy atom. The number of rotatable bonds is 4. The van der Waals surface area contributed by atoms with Gasteiger partial charge >= 0.3 is 23.3 Å². The van der Waals surface area contributed by atoms with Gasteiger partial charge < -0.3 is 13.9 Å². The highest BCUT2D eigenvalue weighted by Crippen LogP contribution is 2.04. The van der Waals surface area contributed by atoms with E-state index in [2.05, 4.69) is 14.7 Å². The molecule has 0 aliphatic carbocycles. The molecule has 172 valence electrons. The molecular weight excluding hydrogens is 440 g/mol. The van der Waals surface area contributed by atoms with Crippen LogP contribution in [0.3, 0.4) is 0 Å². The van der Waals surface area contributed by atoms with E-state index in [1.54, 1.807) is 14.1 Å². The molecule has 15 heteroatoms. The van der Waals surface area contributed by atoms with Crippen molar-refractivity contribution in [2.24, 2.45) is 28.2 Å². The van der Waals surface area contributed by atoms with Gasteiger partial charge in [-0.05, 0) is 0 Å². The highest BCUT2D eigenvalue weighted by Gasteiger charge is 2.21. The molecule has 0 bridgehead atoms. The van der Waals surface area contributed by atoms with Crippen LogP contribution >= 0.6 is 0 Å². The highest BCUT2D eigenvalue weighted by atomic mass is 16.6. The Labute approximate surface area is 182 Å². The van der Waals surface area contributed by atoms with Crippen LogP contribution in [0.25, 0.3) is 22.3 Å². The molecule has 0 aromatic carbocycles. The van der Waals surface area contributed by atoms with E-state index in [4.69, 9.17) is 0 Å². The van der Waals surface area contributed by atoms with Crippen molar-refractivity contribution < 1.29 is 14.3 Å². The summed E-state index contributed by atoms with van der Waals surface area (Å²) in [6.45, 7) is -1.71. The predicted molar refractivity (Wildman–Crippen MR) is 112 cm³/mol. The minimum absolute atomic E-state index is 0.0794. The lowest BCUT2D eigenvalue weighted by Gasteiger charge is -2.09. The number of carbonyl (C=O) groups is 2. The van der Waals surface area contributed by atoms with Gasteiger partial charge in [0, 0.05) is 28.2 Å². The Hall–Kier alpha value is -4.56. The van der Waals surface area contributed by atoms with E-state index < -0.39 is 47.5 Å². The number of imidazole rings is 2. The fraction of sp³-hybridized carbons (Fsp3) is 0.333. The van der Waals surface area contributed by atoms with E-state index in [1.807, 2.05) is 0 Å². The first kappa shape index (κ1) is 21.7. The van der Waals surface area contributed by atoms with Gasteiger partial charge in [-0.15, -0.1) is 0 Å². The molecule has 0 spiro atoms. The zero-order chi connectivity index (χ0) is 24.2. The first-order valence-electron chi connectivity index (χ1n) is 9.48. The van der Waals surface area contributed by atoms with E-state index in [1.165, 1.54) is 35.9 Å². The molecule has 33 heavy (non-hydrogen) atoms. The number of aryl methyl sites for hydroxylation is 4. The number of fused-ring (bicyclic) bond motifs is 2. The molecule has 0 unspecified atom stereocenters. The van der Waals surface area contributed by atoms with Crippen LogP contribution in [-0.2, 0) is 55.6 Å². The Morgan fingerprint density at radius 1 is 0.727 bits per heavy atom. The van der Waals surface area contributed by atoms with E-state index in [-0.39, 0.29) is 22.3 Å². The summed E-state index contributed by atoms with van der Waals surface area (Å²) < 4.78 is 10.8. The molecule has 0 radical (unpaired) electrons. The first-order chi connectivity index (χ1) is 15.5. The molecule has 15 nitrogen and oxygen atoms in total. The maximum absolute atomic E-state index is 12.7. The van der Waals surface area contributed by atoms with E-state index in [0.717, 1.165) is 9.13 Å². The molecule has 0 amide bonds. The summed E-state index contributed by atoms with van der Waals surface area (Å²) in [6.07, 6.45) is 2.68. The molecular formula is C18H18N8O7. The molecule has 0 saturated heterocycles. The van der Waals surface area contributed by atoms with Gasteiger partial charge in [-0.25, -0.2) is 38.3 Å². The zero-order valence-electron chi connectivity index (χ0n) is 18.0. The molecule has 0 saturated carbocycles. The average molecular weight is 458 g/mol. The van der Waals surface area contributed by atoms with Gasteiger partial charge in [0.1, 0.15) is 13.1 Å². The largest absolute Gasteiger partial charge is 0.390 e. The number of nitrogens with zero attached hydrogens (tertiary/aromatic N) is 8. The average Bonchev–Trinajstić information content (AvgIpc) is 3.34. The molecule has 0 fully saturated rings. The zero-order valence-corrected chi connectivity index (χ0v) is 18.0. The van der Waals surface area contributed by atoms with Gasteiger partial charge in [0.05, 0.1) is 12.7 Å². The van der Waals surface area contributed by atoms with Crippen molar-refractivity contribution in [2.75, 3.05) is 0 Å². The van der Waals surface area contributed by atoms with Crippen molar-refractivity contribution in [3.05, 3.63) is 54.3 Å². The lowest BCUT2D eigenvalue weighted by molar-refractivity contribution is -0.160. The second-order valence-corrected chi connectivity index (χ2v) is 7.37. The minimum Gasteiger partial charge on any atom is -0.390 e. The number of aromatic nitrogens is 8. The number of hydrogen-bond donors (Lipinski definition) is 0. The van der Waals surface area contributed by atoms with Crippen LogP contribution in [0.15, 0.2) is 31.8 Å². The summed E-state index contributed by atoms with van der Waals surface area (Å²) in [4.78, 5) is 82.8. The van der Waals surface area contributed by atoms with Crippen molar-refractivity contribution >= 4 is 34.3 Å². The third-order valence-corrected chi connectivity index (χ3v) is 5.20. The molecule has 4 heterocycles. The lowest BCUT2D eigenvalue weighted by atomic mass is 10.4. The van der Waals surface area contributed by atoms with Crippen molar-refractivity contribution in [1.29, 1.82) is 0 Å². The quantitative estimate of drug-likeness (QED) is 0.228. The maximum Gasteiger partial charge on any atom is 0.333 e. The smallest absolute Gasteiger partial charge is 0.333 e. The van der Waals surface area contributed by atoms with Gasteiger partial charge in [0.25, 0.3) is 11.1 Å².